The van der Waals surface area contributed by atoms with Gasteiger partial charge in [0.25, 0.3) is 0 Å². The van der Waals surface area contributed by atoms with E-state index >= 15 is 0 Å². The largest absolute Gasteiger partial charge is 0.368 e. The number of rotatable bonds is 39. The van der Waals surface area contributed by atoms with Crippen LogP contribution in [0, 0.1) is 23.7 Å². The fourth-order valence-electron chi connectivity index (χ4n) is 7.70. The molecule has 69 heavy (non-hydrogen) atoms. The van der Waals surface area contributed by atoms with E-state index < -0.39 is 95.6 Å². The second-order valence-electron chi connectivity index (χ2n) is 20.1. The summed E-state index contributed by atoms with van der Waals surface area (Å²) in [6.45, 7) is 16.6. The quantitative estimate of drug-likeness (QED) is 0.0358. The first-order chi connectivity index (χ1) is 32.5. The lowest BCUT2D eigenvalue weighted by Crippen LogP contribution is -2.60. The Morgan fingerprint density at radius 1 is 0.319 bits per heavy atom. The fraction of sp³-hybridized carbons (Fsp3) is 0.833. The van der Waals surface area contributed by atoms with E-state index in [-0.39, 0.29) is 68.6 Å². The zero-order valence-electron chi connectivity index (χ0n) is 43.3. The van der Waals surface area contributed by atoms with E-state index in [2.05, 4.69) is 37.2 Å². The summed E-state index contributed by atoms with van der Waals surface area (Å²) in [5.41, 5.74) is 34.6. The molecule has 0 spiro atoms. The Balaban J connectivity index is 6.64. The Morgan fingerprint density at radius 3 is 0.783 bits per heavy atom. The van der Waals surface area contributed by atoms with Crippen LogP contribution in [0.4, 0.5) is 0 Å². The smallest absolute Gasteiger partial charge is 0.243 e. The summed E-state index contributed by atoms with van der Waals surface area (Å²) in [4.78, 5) is 109. The summed E-state index contributed by atoms with van der Waals surface area (Å²) in [5, 5.41) is 19.5. The van der Waals surface area contributed by atoms with Gasteiger partial charge in [-0.25, -0.2) is 0 Å². The highest BCUT2D eigenvalue weighted by atomic mass is 16.2. The van der Waals surface area contributed by atoms with Crippen molar-refractivity contribution in [1.82, 2.24) is 37.2 Å². The molecule has 8 amide bonds. The molecule has 0 bridgehead atoms. The lowest BCUT2D eigenvalue weighted by atomic mass is 9.98. The van der Waals surface area contributed by atoms with Gasteiger partial charge in [0.05, 0.1) is 6.04 Å². The molecule has 0 aliphatic carbocycles. The third-order valence-electron chi connectivity index (χ3n) is 11.4. The van der Waals surface area contributed by atoms with Crippen molar-refractivity contribution in [1.29, 1.82) is 0 Å². The zero-order valence-corrected chi connectivity index (χ0v) is 43.3. The monoisotopic (exact) mass is 982 g/mol. The van der Waals surface area contributed by atoms with Crippen molar-refractivity contribution < 1.29 is 38.4 Å². The summed E-state index contributed by atoms with van der Waals surface area (Å²) in [6, 6.07) is -8.39. The van der Waals surface area contributed by atoms with Crippen LogP contribution in [0.15, 0.2) is 0 Å². The molecule has 0 saturated carbocycles. The Bertz CT molecular complexity index is 1550. The van der Waals surface area contributed by atoms with Crippen molar-refractivity contribution in [2.75, 3.05) is 26.2 Å². The van der Waals surface area contributed by atoms with Gasteiger partial charge in [-0.2, -0.15) is 0 Å². The third-order valence-corrected chi connectivity index (χ3v) is 11.4. The molecule has 0 aromatic rings. The van der Waals surface area contributed by atoms with E-state index in [1.54, 1.807) is 0 Å². The predicted molar refractivity (Wildman–Crippen MR) is 270 cm³/mol. The van der Waals surface area contributed by atoms with Crippen molar-refractivity contribution >= 4 is 47.3 Å². The molecule has 21 nitrogen and oxygen atoms in total. The molecule has 21 heteroatoms. The average Bonchev–Trinajstić information content (AvgIpc) is 3.26. The Morgan fingerprint density at radius 2 is 0.536 bits per heavy atom. The number of nitrogens with one attached hydrogen (secondary N) is 7. The van der Waals surface area contributed by atoms with Gasteiger partial charge in [-0.15, -0.1) is 0 Å². The van der Waals surface area contributed by atoms with Gasteiger partial charge in [0.15, 0.2) is 0 Å². The summed E-state index contributed by atoms with van der Waals surface area (Å²) in [7, 11) is 0. The van der Waals surface area contributed by atoms with E-state index in [0.717, 1.165) is 0 Å². The van der Waals surface area contributed by atoms with Crippen LogP contribution >= 0.6 is 0 Å². The molecule has 8 atom stereocenters. The Labute approximate surface area is 412 Å². The molecule has 0 aromatic heterocycles. The van der Waals surface area contributed by atoms with Crippen molar-refractivity contribution in [3.63, 3.8) is 0 Å². The minimum absolute atomic E-state index is 0.00257. The van der Waals surface area contributed by atoms with Gasteiger partial charge >= 0.3 is 0 Å². The molecule has 0 aliphatic rings. The topological polar surface area (TPSA) is 377 Å². The third kappa shape index (κ3) is 28.7. The number of nitrogens with two attached hydrogens (primary N) is 6. The number of carbonyl (C=O) groups is 8. The van der Waals surface area contributed by atoms with Gasteiger partial charge < -0.3 is 71.6 Å². The van der Waals surface area contributed by atoms with Crippen LogP contribution < -0.4 is 71.6 Å². The lowest BCUT2D eigenvalue weighted by Gasteiger charge is -2.29. The molecule has 0 fully saturated rings. The first-order valence-electron chi connectivity index (χ1n) is 25.5. The number of unbranched alkanes of at least 4 members (excludes halogenated alkanes) is 4. The first-order valence-corrected chi connectivity index (χ1v) is 25.5. The van der Waals surface area contributed by atoms with E-state index in [9.17, 15) is 38.4 Å². The minimum atomic E-state index is -1.15. The van der Waals surface area contributed by atoms with E-state index in [4.69, 9.17) is 34.4 Å². The van der Waals surface area contributed by atoms with Gasteiger partial charge in [0.2, 0.25) is 47.3 Å². The maximum absolute atomic E-state index is 14.3. The number of amides is 8. The van der Waals surface area contributed by atoms with Crippen molar-refractivity contribution in [3.8, 4) is 0 Å². The standard InChI is InChI=1S/C48H95N13O8/c1-29(2)25-33(53)42(63)59-38(26-30(3)4)46(67)58-36(19-11-15-23-51)44(65)56-37(20-12-16-24-52)45(66)60-40(28-32(7)8)48(69)61-39(27-31(5)6)47(68)57-35(18-10-14-22-50)43(64)55-34(41(54)62)17-9-13-21-49/h29-40H,9-28,49-53H2,1-8H3,(H2,54,62)(H,55,64)(H,56,65)(H,57,68)(H,58,67)(H,59,63)(H,60,66)(H,61,69)/t33-,34-,35-,36-,37-,38-,39-,40-/m0/s1. The fourth-order valence-corrected chi connectivity index (χ4v) is 7.70. The van der Waals surface area contributed by atoms with Crippen LogP contribution in [0.1, 0.15) is 158 Å². The maximum atomic E-state index is 14.3. The van der Waals surface area contributed by atoms with E-state index in [1.807, 2.05) is 55.4 Å². The average molecular weight is 982 g/mol. The number of hydrogen-bond acceptors (Lipinski definition) is 13. The summed E-state index contributed by atoms with van der Waals surface area (Å²) >= 11 is 0. The Hall–Kier alpha value is -4.44. The van der Waals surface area contributed by atoms with Crippen molar-refractivity contribution in [2.24, 2.45) is 58.1 Å². The van der Waals surface area contributed by atoms with Gasteiger partial charge in [-0.1, -0.05) is 55.4 Å². The molecule has 0 heterocycles. The number of hydrogen-bond donors (Lipinski definition) is 13. The van der Waals surface area contributed by atoms with Crippen LogP contribution in [-0.2, 0) is 38.4 Å². The van der Waals surface area contributed by atoms with Crippen LogP contribution in [0.5, 0.6) is 0 Å². The second kappa shape index (κ2) is 36.5. The molecule has 0 saturated heterocycles. The molecule has 0 aliphatic heterocycles. The molecular weight excluding hydrogens is 887 g/mol. The summed E-state index contributed by atoms with van der Waals surface area (Å²) in [6.07, 6.45) is 6.13. The molecule has 400 valence electrons. The van der Waals surface area contributed by atoms with Crippen LogP contribution in [-0.4, -0.2) is 122 Å². The highest BCUT2D eigenvalue weighted by molar-refractivity contribution is 5.97. The van der Waals surface area contributed by atoms with E-state index in [0.29, 0.717) is 84.0 Å². The van der Waals surface area contributed by atoms with Crippen molar-refractivity contribution in [2.45, 2.75) is 206 Å². The van der Waals surface area contributed by atoms with Crippen LogP contribution in [0.3, 0.4) is 0 Å². The Kier molecular flexibility index (Phi) is 34.1. The molecule has 0 unspecified atom stereocenters. The highest BCUT2D eigenvalue weighted by Gasteiger charge is 2.35. The number of carbonyl (C=O) groups excluding carboxylic acids is 8. The van der Waals surface area contributed by atoms with Gasteiger partial charge in [-0.05, 0) is 153 Å². The van der Waals surface area contributed by atoms with Gasteiger partial charge in [0.1, 0.15) is 42.3 Å². The van der Waals surface area contributed by atoms with Crippen molar-refractivity contribution in [3.05, 3.63) is 0 Å². The van der Waals surface area contributed by atoms with Gasteiger partial charge in [0, 0.05) is 0 Å². The molecule has 0 aromatic carbocycles. The normalized spacial score (nSPS) is 15.0. The summed E-state index contributed by atoms with van der Waals surface area (Å²) in [5.74, 6) is -5.01. The molecule has 0 rings (SSSR count). The second-order valence-corrected chi connectivity index (χ2v) is 20.1. The SMILES string of the molecule is CC(C)C[C@H](NC(=O)[C@H](CC(C)C)NC(=O)[C@H](CCCCN)NC(=O)[C@H](CCCCN)NC(=O)[C@H](CC(C)C)NC(=O)[C@@H](N)CC(C)C)C(=O)N[C@@H](CCCCN)C(=O)N[C@@H](CCCCN)C(N)=O. The summed E-state index contributed by atoms with van der Waals surface area (Å²) < 4.78 is 0. The predicted octanol–water partition coefficient (Wildman–Crippen LogP) is -0.107. The first kappa shape index (κ1) is 64.6. The lowest BCUT2D eigenvalue weighted by molar-refractivity contribution is -0.136. The molecule has 19 N–H and O–H groups in total. The van der Waals surface area contributed by atoms with E-state index in [1.165, 1.54) is 0 Å². The molecular formula is C48H95N13O8. The highest BCUT2D eigenvalue weighted by Crippen LogP contribution is 2.14. The van der Waals surface area contributed by atoms with Crippen LogP contribution in [0.2, 0.25) is 0 Å². The van der Waals surface area contributed by atoms with Gasteiger partial charge in [-0.3, -0.25) is 38.4 Å². The molecule has 0 radical (unpaired) electrons. The zero-order chi connectivity index (χ0) is 52.6. The number of primary amides is 1. The maximum Gasteiger partial charge on any atom is 0.243 e. The minimum Gasteiger partial charge on any atom is -0.368 e. The van der Waals surface area contributed by atoms with Crippen LogP contribution in [0.25, 0.3) is 0 Å².